The molecule has 1 saturated carbocycles. The monoisotopic (exact) mass is 306 g/mol. The molecule has 22 heavy (non-hydrogen) atoms. The third-order valence-corrected chi connectivity index (χ3v) is 4.49. The second kappa shape index (κ2) is 4.72. The number of carbonyl (C=O) groups excluding carboxylic acids is 1. The number of hydrogen-bond acceptors (Lipinski definition) is 4. The van der Waals surface area contributed by atoms with Crippen molar-refractivity contribution in [3.05, 3.63) is 35.3 Å². The van der Waals surface area contributed by atoms with Crippen LogP contribution in [0.15, 0.2) is 23.7 Å². The van der Waals surface area contributed by atoms with E-state index in [1.54, 1.807) is 0 Å². The summed E-state index contributed by atoms with van der Waals surface area (Å²) in [5, 5.41) is 7.13. The molecule has 1 N–H and O–H groups in total. The van der Waals surface area contributed by atoms with E-state index in [0.29, 0.717) is 0 Å². The average molecular weight is 306 g/mol. The van der Waals surface area contributed by atoms with Crippen LogP contribution in [0.3, 0.4) is 0 Å². The Labute approximate surface area is 126 Å². The summed E-state index contributed by atoms with van der Waals surface area (Å²) in [4.78, 5) is 16.2. The van der Waals surface area contributed by atoms with E-state index in [0.717, 1.165) is 18.4 Å². The summed E-state index contributed by atoms with van der Waals surface area (Å²) in [5.41, 5.74) is 0.719. The summed E-state index contributed by atoms with van der Waals surface area (Å²) >= 11 is 0. The first-order valence-electron chi connectivity index (χ1n) is 7.52. The van der Waals surface area contributed by atoms with Crippen LogP contribution in [0.25, 0.3) is 0 Å². The zero-order valence-corrected chi connectivity index (χ0v) is 12.1. The van der Waals surface area contributed by atoms with Gasteiger partial charge in [-0.2, -0.15) is 0 Å². The van der Waals surface area contributed by atoms with Crippen molar-refractivity contribution in [2.24, 2.45) is 5.92 Å². The smallest absolute Gasteiger partial charge is 0.217 e. The molecule has 116 valence electrons. The Morgan fingerprint density at radius 1 is 1.45 bits per heavy atom. The quantitative estimate of drug-likeness (QED) is 0.872. The highest BCUT2D eigenvalue weighted by molar-refractivity contribution is 5.95. The molecule has 1 unspecified atom stereocenters. The molecule has 4 rings (SSSR count). The molecule has 0 spiro atoms. The lowest BCUT2D eigenvalue weighted by Gasteiger charge is -2.25. The number of allylic oxidation sites excluding steroid dienone is 2. The Morgan fingerprint density at radius 3 is 2.95 bits per heavy atom. The predicted octanol–water partition coefficient (Wildman–Crippen LogP) is 2.56. The van der Waals surface area contributed by atoms with E-state index in [1.165, 1.54) is 17.0 Å². The van der Waals surface area contributed by atoms with Gasteiger partial charge in [0.25, 0.3) is 0 Å². The second-order valence-corrected chi connectivity index (χ2v) is 6.16. The predicted molar refractivity (Wildman–Crippen MR) is 74.5 cm³/mol. The van der Waals surface area contributed by atoms with Gasteiger partial charge in [-0.05, 0) is 31.4 Å². The number of aromatic nitrogens is 3. The van der Waals surface area contributed by atoms with E-state index in [4.69, 9.17) is 0 Å². The van der Waals surface area contributed by atoms with Crippen LogP contribution in [-0.2, 0) is 0 Å². The molecule has 0 bridgehead atoms. The van der Waals surface area contributed by atoms with Gasteiger partial charge in [0, 0.05) is 24.6 Å². The Morgan fingerprint density at radius 2 is 2.23 bits per heavy atom. The summed E-state index contributed by atoms with van der Waals surface area (Å²) in [6.45, 7) is 1.88. The molecule has 2 aliphatic heterocycles. The Kier molecular flexibility index (Phi) is 2.92. The summed E-state index contributed by atoms with van der Waals surface area (Å²) in [6.07, 6.45) is 3.32. The molecule has 0 amide bonds. The number of rotatable bonds is 3. The first kappa shape index (κ1) is 13.6. The summed E-state index contributed by atoms with van der Waals surface area (Å²) in [5.74, 6) is -0.237. The number of fused-ring (bicyclic) bond motifs is 1. The third-order valence-electron chi connectivity index (χ3n) is 4.49. The fraction of sp³-hybridized carbons (Fsp3) is 0.533. The highest BCUT2D eigenvalue weighted by Crippen LogP contribution is 2.42. The van der Waals surface area contributed by atoms with Crippen LogP contribution in [0.4, 0.5) is 8.78 Å². The van der Waals surface area contributed by atoms with Gasteiger partial charge in [0.2, 0.25) is 11.6 Å². The van der Waals surface area contributed by atoms with Crippen LogP contribution < -0.4 is 5.32 Å². The molecule has 1 aromatic rings. The van der Waals surface area contributed by atoms with Crippen LogP contribution in [0, 0.1) is 5.92 Å². The molecule has 0 radical (unpaired) electrons. The lowest BCUT2D eigenvalue weighted by molar-refractivity contribution is 0.0956. The van der Waals surface area contributed by atoms with E-state index >= 15 is 0 Å². The molecular weight excluding hydrogens is 290 g/mol. The summed E-state index contributed by atoms with van der Waals surface area (Å²) < 4.78 is 29.2. The van der Waals surface area contributed by atoms with Gasteiger partial charge in [-0.1, -0.05) is 0 Å². The SMILES string of the molecule is CC1NC=C(F)C=C1[C@H]1C[C@@H](F)c2nc(C(=O)C3CC3)nn21. The fourth-order valence-electron chi connectivity index (χ4n) is 3.10. The molecule has 1 aromatic heterocycles. The minimum Gasteiger partial charge on any atom is -0.382 e. The van der Waals surface area contributed by atoms with E-state index in [-0.39, 0.29) is 35.8 Å². The first-order chi connectivity index (χ1) is 10.5. The molecule has 1 fully saturated rings. The Hall–Kier alpha value is -2.05. The number of alkyl halides is 1. The summed E-state index contributed by atoms with van der Waals surface area (Å²) in [6, 6.07) is -0.519. The van der Waals surface area contributed by atoms with Crippen molar-refractivity contribution in [1.82, 2.24) is 20.1 Å². The number of Topliss-reactive ketones (excluding diaryl/α,β-unsaturated/α-hetero) is 1. The third kappa shape index (κ3) is 2.07. The molecule has 0 saturated heterocycles. The van der Waals surface area contributed by atoms with Crippen molar-refractivity contribution < 1.29 is 13.6 Å². The van der Waals surface area contributed by atoms with Gasteiger partial charge < -0.3 is 5.32 Å². The second-order valence-electron chi connectivity index (χ2n) is 6.16. The van der Waals surface area contributed by atoms with E-state index in [9.17, 15) is 13.6 Å². The first-order valence-corrected chi connectivity index (χ1v) is 7.52. The highest BCUT2D eigenvalue weighted by Gasteiger charge is 2.41. The maximum atomic E-state index is 14.2. The fourth-order valence-corrected chi connectivity index (χ4v) is 3.10. The van der Waals surface area contributed by atoms with Gasteiger partial charge in [-0.25, -0.2) is 18.4 Å². The molecule has 3 aliphatic rings. The normalized spacial score (nSPS) is 30.4. The van der Waals surface area contributed by atoms with Crippen molar-refractivity contribution in [1.29, 1.82) is 0 Å². The van der Waals surface area contributed by atoms with Gasteiger partial charge in [-0.15, -0.1) is 5.10 Å². The number of halogens is 2. The van der Waals surface area contributed by atoms with Crippen LogP contribution in [-0.4, -0.2) is 26.6 Å². The minimum absolute atomic E-state index is 0.00509. The zero-order valence-electron chi connectivity index (χ0n) is 12.1. The standard InChI is InChI=1S/C15H16F2N4O/c1-7-10(4-9(16)6-18-7)12-5-11(17)15-19-14(20-21(12)15)13(22)8-2-3-8/h4,6-8,11-12,18H,2-3,5H2,1H3/t7?,11-,12-/m1/s1. The number of carbonyl (C=O) groups is 1. The van der Waals surface area contributed by atoms with Crippen molar-refractivity contribution in [2.45, 2.75) is 44.4 Å². The molecule has 3 heterocycles. The van der Waals surface area contributed by atoms with Crippen LogP contribution in [0.5, 0.6) is 0 Å². The zero-order chi connectivity index (χ0) is 15.4. The number of nitrogens with zero attached hydrogens (tertiary/aromatic N) is 3. The Bertz CT molecular complexity index is 704. The van der Waals surface area contributed by atoms with Crippen molar-refractivity contribution in [3.8, 4) is 0 Å². The number of nitrogens with one attached hydrogen (secondary N) is 1. The van der Waals surface area contributed by atoms with E-state index in [1.807, 2.05) is 6.92 Å². The van der Waals surface area contributed by atoms with Crippen LogP contribution >= 0.6 is 0 Å². The van der Waals surface area contributed by atoms with Crippen LogP contribution in [0.2, 0.25) is 0 Å². The maximum absolute atomic E-state index is 14.2. The molecule has 0 aromatic carbocycles. The largest absolute Gasteiger partial charge is 0.382 e. The minimum atomic E-state index is -1.28. The molecule has 5 nitrogen and oxygen atoms in total. The topological polar surface area (TPSA) is 59.8 Å². The van der Waals surface area contributed by atoms with Gasteiger partial charge >= 0.3 is 0 Å². The maximum Gasteiger partial charge on any atom is 0.217 e. The van der Waals surface area contributed by atoms with Crippen molar-refractivity contribution >= 4 is 5.78 Å². The van der Waals surface area contributed by atoms with Crippen molar-refractivity contribution in [3.63, 3.8) is 0 Å². The van der Waals surface area contributed by atoms with Crippen molar-refractivity contribution in [2.75, 3.05) is 0 Å². The molecule has 1 aliphatic carbocycles. The average Bonchev–Trinajstić information content (AvgIpc) is 3.17. The summed E-state index contributed by atoms with van der Waals surface area (Å²) in [7, 11) is 0. The molecule has 3 atom stereocenters. The number of dihydropyridines is 1. The van der Waals surface area contributed by atoms with E-state index < -0.39 is 18.0 Å². The van der Waals surface area contributed by atoms with Crippen LogP contribution in [0.1, 0.15) is 54.8 Å². The van der Waals surface area contributed by atoms with Gasteiger partial charge in [0.1, 0.15) is 5.83 Å². The lowest BCUT2D eigenvalue weighted by atomic mass is 9.96. The number of hydrogen-bond donors (Lipinski definition) is 1. The van der Waals surface area contributed by atoms with Gasteiger partial charge in [0.05, 0.1) is 6.04 Å². The highest BCUT2D eigenvalue weighted by atomic mass is 19.1. The lowest BCUT2D eigenvalue weighted by Crippen LogP contribution is -2.30. The molecule has 7 heteroatoms. The van der Waals surface area contributed by atoms with E-state index in [2.05, 4.69) is 15.4 Å². The molecular formula is C15H16F2N4O. The van der Waals surface area contributed by atoms with Gasteiger partial charge in [0.15, 0.2) is 12.0 Å². The Balaban J connectivity index is 1.70. The van der Waals surface area contributed by atoms with Gasteiger partial charge in [-0.3, -0.25) is 4.79 Å². The number of ketones is 1.